The summed E-state index contributed by atoms with van der Waals surface area (Å²) in [6.45, 7) is 5.73. The minimum atomic E-state index is -3.59. The molecule has 0 atom stereocenters. The second-order valence-corrected chi connectivity index (χ2v) is 19.1. The van der Waals surface area contributed by atoms with Gasteiger partial charge in [0.05, 0.1) is 45.1 Å². The Morgan fingerprint density at radius 3 is 0.765 bits per heavy atom. The highest BCUT2D eigenvalue weighted by molar-refractivity contribution is 7.48. The first kappa shape index (κ1) is 47.4. The Morgan fingerprint density at radius 2 is 0.549 bits per heavy atom. The van der Waals surface area contributed by atoms with Crippen LogP contribution in [0.25, 0.3) is 0 Å². The normalized spacial score (nSPS) is 23.7. The molecule has 0 aliphatic carbocycles. The van der Waals surface area contributed by atoms with E-state index in [0.29, 0.717) is 13.2 Å². The zero-order valence-electron chi connectivity index (χ0n) is 33.5. The van der Waals surface area contributed by atoms with Crippen molar-refractivity contribution < 1.29 is 36.3 Å². The molecule has 0 aromatic carbocycles. The highest BCUT2D eigenvalue weighted by Crippen LogP contribution is 2.60. The molecule has 2 aliphatic heterocycles. The molecule has 2 saturated heterocycles. The van der Waals surface area contributed by atoms with E-state index in [1.54, 1.807) is 0 Å². The molecular formula is C41H82O8P2. The van der Waals surface area contributed by atoms with Gasteiger partial charge in [-0.05, 0) is 12.8 Å². The molecule has 0 saturated carbocycles. The van der Waals surface area contributed by atoms with Crippen LogP contribution < -0.4 is 0 Å². The number of hydrogen-bond donors (Lipinski definition) is 0. The summed E-state index contributed by atoms with van der Waals surface area (Å²) < 4.78 is 59.2. The first-order chi connectivity index (χ1) is 24.9. The molecule has 2 aliphatic rings. The lowest BCUT2D eigenvalue weighted by Crippen LogP contribution is -2.45. The van der Waals surface area contributed by atoms with Crippen LogP contribution in [-0.4, -0.2) is 39.6 Å². The van der Waals surface area contributed by atoms with Crippen molar-refractivity contribution in [3.8, 4) is 0 Å². The van der Waals surface area contributed by atoms with E-state index >= 15 is 0 Å². The fraction of sp³-hybridized carbons (Fsp3) is 1.00. The molecule has 304 valence electrons. The van der Waals surface area contributed by atoms with Crippen LogP contribution in [-0.2, 0) is 36.3 Å². The first-order valence-corrected chi connectivity index (χ1v) is 24.9. The predicted octanol–water partition coefficient (Wildman–Crippen LogP) is 14.8. The van der Waals surface area contributed by atoms with Crippen molar-refractivity contribution in [1.82, 2.24) is 0 Å². The van der Waals surface area contributed by atoms with Crippen molar-refractivity contribution in [1.29, 1.82) is 0 Å². The lowest BCUT2D eigenvalue weighted by Gasteiger charge is -2.41. The fourth-order valence-electron chi connectivity index (χ4n) is 6.99. The third kappa shape index (κ3) is 25.1. The molecule has 2 heterocycles. The van der Waals surface area contributed by atoms with Gasteiger partial charge in [-0.1, -0.05) is 206 Å². The molecule has 2 rings (SSSR count). The highest BCUT2D eigenvalue weighted by Gasteiger charge is 2.50. The van der Waals surface area contributed by atoms with Gasteiger partial charge in [0.25, 0.3) is 0 Å². The lowest BCUT2D eigenvalue weighted by atomic mass is 9.93. The van der Waals surface area contributed by atoms with E-state index in [0.717, 1.165) is 25.7 Å². The number of unbranched alkanes of at least 4 members (excludes halogenated alkanes) is 30. The summed E-state index contributed by atoms with van der Waals surface area (Å²) in [5.41, 5.74) is -0.656. The van der Waals surface area contributed by atoms with Crippen molar-refractivity contribution >= 4 is 15.6 Å². The van der Waals surface area contributed by atoms with E-state index < -0.39 is 21.1 Å². The van der Waals surface area contributed by atoms with E-state index in [-0.39, 0.29) is 26.4 Å². The van der Waals surface area contributed by atoms with Crippen LogP contribution in [0.2, 0.25) is 0 Å². The number of phosphoric acid groups is 2. The van der Waals surface area contributed by atoms with Crippen LogP contribution in [0, 0.1) is 5.41 Å². The second kappa shape index (κ2) is 31.4. The molecule has 1 spiro atoms. The van der Waals surface area contributed by atoms with Crippen LogP contribution in [0.5, 0.6) is 0 Å². The summed E-state index contributed by atoms with van der Waals surface area (Å²) in [6.07, 6.45) is 41.8. The maximum Gasteiger partial charge on any atom is 0.474 e. The monoisotopic (exact) mass is 765 g/mol. The van der Waals surface area contributed by atoms with Crippen LogP contribution in [0.4, 0.5) is 0 Å². The Morgan fingerprint density at radius 1 is 0.353 bits per heavy atom. The van der Waals surface area contributed by atoms with Gasteiger partial charge in [-0.15, -0.1) is 0 Å². The molecule has 0 aromatic heterocycles. The average molecular weight is 765 g/mol. The Kier molecular flexibility index (Phi) is 29.2. The van der Waals surface area contributed by atoms with Gasteiger partial charge in [0.2, 0.25) is 0 Å². The molecular weight excluding hydrogens is 682 g/mol. The molecule has 0 aromatic rings. The molecule has 0 amide bonds. The van der Waals surface area contributed by atoms with Crippen molar-refractivity contribution in [2.24, 2.45) is 5.41 Å². The largest absolute Gasteiger partial charge is 0.474 e. The molecule has 8 nitrogen and oxygen atoms in total. The van der Waals surface area contributed by atoms with E-state index in [1.807, 2.05) is 0 Å². The van der Waals surface area contributed by atoms with Gasteiger partial charge in [0, 0.05) is 0 Å². The average Bonchev–Trinajstić information content (AvgIpc) is 3.14. The van der Waals surface area contributed by atoms with Gasteiger partial charge in [0.15, 0.2) is 0 Å². The summed E-state index contributed by atoms with van der Waals surface area (Å²) in [5.74, 6) is 0. The quantitative estimate of drug-likeness (QED) is 0.0460. The minimum absolute atomic E-state index is 0.113. The summed E-state index contributed by atoms with van der Waals surface area (Å²) >= 11 is 0. The smallest absolute Gasteiger partial charge is 0.287 e. The van der Waals surface area contributed by atoms with Gasteiger partial charge in [-0.2, -0.15) is 0 Å². The van der Waals surface area contributed by atoms with Crippen molar-refractivity contribution in [3.05, 3.63) is 0 Å². The Bertz CT molecular complexity index is 790. The molecule has 0 unspecified atom stereocenters. The number of phosphoric ester groups is 2. The molecule has 0 bridgehead atoms. The molecule has 2 fully saturated rings. The number of rotatable bonds is 36. The molecule has 0 radical (unpaired) electrons. The Hall–Kier alpha value is 0.220. The van der Waals surface area contributed by atoms with Crippen LogP contribution >= 0.6 is 15.6 Å². The molecule has 0 N–H and O–H groups in total. The van der Waals surface area contributed by atoms with Crippen LogP contribution in [0.3, 0.4) is 0 Å². The van der Waals surface area contributed by atoms with Crippen molar-refractivity contribution in [3.63, 3.8) is 0 Å². The third-order valence-corrected chi connectivity index (χ3v) is 13.4. The van der Waals surface area contributed by atoms with Gasteiger partial charge in [0.1, 0.15) is 0 Å². The SMILES string of the molecule is CCCCCCCCCCCCCCCCCCOP1(=O)OCC2(CO1)COP(=O)(OCCCCCCCCCCCCCCCCCC)OC2. The fourth-order valence-corrected chi connectivity index (χ4v) is 9.87. The summed E-state index contributed by atoms with van der Waals surface area (Å²) in [6, 6.07) is 0. The van der Waals surface area contributed by atoms with Gasteiger partial charge in [-0.25, -0.2) is 9.13 Å². The lowest BCUT2D eigenvalue weighted by molar-refractivity contribution is -0.0955. The zero-order chi connectivity index (χ0) is 36.6. The predicted molar refractivity (Wildman–Crippen MR) is 212 cm³/mol. The third-order valence-electron chi connectivity index (χ3n) is 10.6. The summed E-state index contributed by atoms with van der Waals surface area (Å²) in [5, 5.41) is 0. The van der Waals surface area contributed by atoms with E-state index in [4.69, 9.17) is 27.1 Å². The topological polar surface area (TPSA) is 89.5 Å². The maximum absolute atomic E-state index is 12.9. The minimum Gasteiger partial charge on any atom is -0.287 e. The standard InChI is InChI=1S/C41H82O8P2/c1-3-5-7-9-11-13-15-17-19-21-23-25-27-29-31-33-35-44-50(42)46-37-41(38-47-50)39-48-51(43,49-40-41)45-36-34-32-30-28-26-24-22-20-18-16-14-12-10-8-6-4-2/h3-40H2,1-2H3. The molecule has 51 heavy (non-hydrogen) atoms. The first-order valence-electron chi connectivity index (χ1n) is 22.0. The zero-order valence-corrected chi connectivity index (χ0v) is 35.3. The van der Waals surface area contributed by atoms with E-state index in [2.05, 4.69) is 13.8 Å². The van der Waals surface area contributed by atoms with Crippen molar-refractivity contribution in [2.45, 2.75) is 219 Å². The van der Waals surface area contributed by atoms with Crippen LogP contribution in [0.1, 0.15) is 219 Å². The summed E-state index contributed by atoms with van der Waals surface area (Å²) in [4.78, 5) is 0. The maximum atomic E-state index is 12.9. The highest BCUT2D eigenvalue weighted by atomic mass is 31.2. The summed E-state index contributed by atoms with van der Waals surface area (Å²) in [7, 11) is -7.18. The Balaban J connectivity index is 1.36. The number of hydrogen-bond acceptors (Lipinski definition) is 8. The van der Waals surface area contributed by atoms with E-state index in [9.17, 15) is 9.13 Å². The van der Waals surface area contributed by atoms with E-state index in [1.165, 1.54) is 180 Å². The molecule has 10 heteroatoms. The van der Waals surface area contributed by atoms with Gasteiger partial charge >= 0.3 is 15.6 Å². The van der Waals surface area contributed by atoms with Crippen LogP contribution in [0.15, 0.2) is 0 Å². The van der Waals surface area contributed by atoms with Gasteiger partial charge < -0.3 is 0 Å². The van der Waals surface area contributed by atoms with Crippen molar-refractivity contribution in [2.75, 3.05) is 39.6 Å². The second-order valence-electron chi connectivity index (χ2n) is 15.8. The van der Waals surface area contributed by atoms with Gasteiger partial charge in [-0.3, -0.25) is 27.1 Å². The Labute approximate surface area is 315 Å².